The molecule has 1 aromatic heterocycles. The molecule has 2 heterocycles. The van der Waals surface area contributed by atoms with Crippen LogP contribution in [0.25, 0.3) is 0 Å². The molecule has 0 aliphatic carbocycles. The van der Waals surface area contributed by atoms with Crippen molar-refractivity contribution < 1.29 is 8.42 Å². The van der Waals surface area contributed by atoms with Crippen molar-refractivity contribution in [2.24, 2.45) is 5.73 Å². The monoisotopic (exact) mass is 291 g/mol. The standard InChI is InChI=1S/C11H17N3O2S.ClH/c12-8-10-4-1-2-7-14(10)17(15,16)11-5-3-6-13-9-11;/h3,5-6,9-10H,1-2,4,7-8,12H2;1H. The first-order valence-electron chi connectivity index (χ1n) is 5.78. The van der Waals surface area contributed by atoms with E-state index in [0.29, 0.717) is 13.1 Å². The number of halogens is 1. The molecule has 1 aliphatic rings. The summed E-state index contributed by atoms with van der Waals surface area (Å²) < 4.78 is 26.3. The number of sulfonamides is 1. The lowest BCUT2D eigenvalue weighted by Gasteiger charge is -2.33. The molecule has 7 heteroatoms. The second-order valence-corrected chi connectivity index (χ2v) is 6.08. The minimum atomic E-state index is -3.43. The summed E-state index contributed by atoms with van der Waals surface area (Å²) in [6.07, 6.45) is 5.74. The molecule has 5 nitrogen and oxygen atoms in total. The third-order valence-electron chi connectivity index (χ3n) is 3.09. The summed E-state index contributed by atoms with van der Waals surface area (Å²) in [5, 5.41) is 0. The van der Waals surface area contributed by atoms with Gasteiger partial charge in [-0.25, -0.2) is 8.42 Å². The molecule has 0 bridgehead atoms. The Morgan fingerprint density at radius 3 is 2.83 bits per heavy atom. The molecule has 0 amide bonds. The summed E-state index contributed by atoms with van der Waals surface area (Å²) in [6.45, 7) is 0.929. The molecule has 0 spiro atoms. The second kappa shape index (κ2) is 6.47. The lowest BCUT2D eigenvalue weighted by Crippen LogP contribution is -2.47. The van der Waals surface area contributed by atoms with E-state index in [-0.39, 0.29) is 23.3 Å². The zero-order valence-electron chi connectivity index (χ0n) is 10.0. The van der Waals surface area contributed by atoms with E-state index in [0.717, 1.165) is 19.3 Å². The molecular formula is C11H18ClN3O2S. The zero-order valence-corrected chi connectivity index (χ0v) is 11.7. The van der Waals surface area contributed by atoms with Crippen LogP contribution in [0, 0.1) is 0 Å². The highest BCUT2D eigenvalue weighted by molar-refractivity contribution is 7.89. The van der Waals surface area contributed by atoms with Crippen molar-refractivity contribution in [2.75, 3.05) is 13.1 Å². The summed E-state index contributed by atoms with van der Waals surface area (Å²) >= 11 is 0. The fraction of sp³-hybridized carbons (Fsp3) is 0.545. The van der Waals surface area contributed by atoms with Gasteiger partial charge in [-0.3, -0.25) is 4.98 Å². The van der Waals surface area contributed by atoms with Crippen LogP contribution < -0.4 is 5.73 Å². The first-order chi connectivity index (χ1) is 8.16. The van der Waals surface area contributed by atoms with E-state index in [4.69, 9.17) is 5.73 Å². The van der Waals surface area contributed by atoms with Crippen molar-refractivity contribution in [1.29, 1.82) is 0 Å². The van der Waals surface area contributed by atoms with Gasteiger partial charge in [-0.15, -0.1) is 12.4 Å². The number of rotatable bonds is 3. The van der Waals surface area contributed by atoms with Gasteiger partial charge in [0.25, 0.3) is 0 Å². The molecule has 18 heavy (non-hydrogen) atoms. The third kappa shape index (κ3) is 3.00. The number of hydrogen-bond donors (Lipinski definition) is 1. The average molecular weight is 292 g/mol. The van der Waals surface area contributed by atoms with Crippen molar-refractivity contribution in [3.05, 3.63) is 24.5 Å². The molecule has 1 fully saturated rings. The Hall–Kier alpha value is -0.690. The van der Waals surface area contributed by atoms with Crippen LogP contribution in [0.15, 0.2) is 29.4 Å². The Bertz CT molecular complexity index is 466. The van der Waals surface area contributed by atoms with Crippen LogP contribution in [0.5, 0.6) is 0 Å². The predicted molar refractivity (Wildman–Crippen MR) is 72.1 cm³/mol. The molecular weight excluding hydrogens is 274 g/mol. The van der Waals surface area contributed by atoms with Crippen molar-refractivity contribution in [3.8, 4) is 0 Å². The van der Waals surface area contributed by atoms with Gasteiger partial charge in [-0.05, 0) is 25.0 Å². The van der Waals surface area contributed by atoms with Crippen LogP contribution in [-0.4, -0.2) is 36.8 Å². The van der Waals surface area contributed by atoms with E-state index in [1.54, 1.807) is 18.3 Å². The lowest BCUT2D eigenvalue weighted by molar-refractivity contribution is 0.257. The Labute approximate surface area is 114 Å². The minimum absolute atomic E-state index is 0. The van der Waals surface area contributed by atoms with E-state index < -0.39 is 10.0 Å². The van der Waals surface area contributed by atoms with Crippen LogP contribution in [0.1, 0.15) is 19.3 Å². The van der Waals surface area contributed by atoms with E-state index >= 15 is 0 Å². The maximum Gasteiger partial charge on any atom is 0.244 e. The fourth-order valence-electron chi connectivity index (χ4n) is 2.16. The fourth-order valence-corrected chi connectivity index (χ4v) is 3.83. The highest BCUT2D eigenvalue weighted by atomic mass is 35.5. The van der Waals surface area contributed by atoms with Crippen molar-refractivity contribution in [3.63, 3.8) is 0 Å². The highest BCUT2D eigenvalue weighted by Crippen LogP contribution is 2.24. The summed E-state index contributed by atoms with van der Waals surface area (Å²) in [4.78, 5) is 4.11. The molecule has 102 valence electrons. The number of nitrogens with two attached hydrogens (primary N) is 1. The first kappa shape index (κ1) is 15.4. The quantitative estimate of drug-likeness (QED) is 0.901. The number of hydrogen-bond acceptors (Lipinski definition) is 4. The predicted octanol–water partition coefficient (Wildman–Crippen LogP) is 1.01. The molecule has 2 rings (SSSR count). The SMILES string of the molecule is Cl.NCC1CCCCN1S(=O)(=O)c1cccnc1. The van der Waals surface area contributed by atoms with Gasteiger partial charge in [0, 0.05) is 31.5 Å². The topological polar surface area (TPSA) is 76.3 Å². The minimum Gasteiger partial charge on any atom is -0.329 e. The van der Waals surface area contributed by atoms with Gasteiger partial charge in [0.2, 0.25) is 10.0 Å². The summed E-state index contributed by atoms with van der Waals surface area (Å²) in [5.74, 6) is 0. The van der Waals surface area contributed by atoms with Gasteiger partial charge in [0.1, 0.15) is 4.90 Å². The Morgan fingerprint density at radius 1 is 1.44 bits per heavy atom. The van der Waals surface area contributed by atoms with Crippen molar-refractivity contribution >= 4 is 22.4 Å². The van der Waals surface area contributed by atoms with Gasteiger partial charge < -0.3 is 5.73 Å². The number of nitrogens with zero attached hydrogens (tertiary/aromatic N) is 2. The number of piperidine rings is 1. The third-order valence-corrected chi connectivity index (χ3v) is 5.02. The van der Waals surface area contributed by atoms with Gasteiger partial charge in [-0.1, -0.05) is 6.42 Å². The van der Waals surface area contributed by atoms with Gasteiger partial charge in [0.15, 0.2) is 0 Å². The summed E-state index contributed by atoms with van der Waals surface area (Å²) in [6, 6.07) is 3.13. The molecule has 1 aromatic rings. The lowest BCUT2D eigenvalue weighted by atomic mass is 10.1. The van der Waals surface area contributed by atoms with E-state index in [1.165, 1.54) is 10.5 Å². The molecule has 1 atom stereocenters. The van der Waals surface area contributed by atoms with Gasteiger partial charge >= 0.3 is 0 Å². The molecule has 1 aliphatic heterocycles. The maximum absolute atomic E-state index is 12.4. The van der Waals surface area contributed by atoms with Crippen LogP contribution in [-0.2, 0) is 10.0 Å². The molecule has 1 saturated heterocycles. The largest absolute Gasteiger partial charge is 0.329 e. The summed E-state index contributed by atoms with van der Waals surface area (Å²) in [7, 11) is -3.43. The van der Waals surface area contributed by atoms with Crippen LogP contribution >= 0.6 is 12.4 Å². The smallest absolute Gasteiger partial charge is 0.244 e. The zero-order chi connectivity index (χ0) is 12.3. The average Bonchev–Trinajstić information content (AvgIpc) is 2.39. The highest BCUT2D eigenvalue weighted by Gasteiger charge is 2.32. The van der Waals surface area contributed by atoms with Crippen LogP contribution in [0.4, 0.5) is 0 Å². The second-order valence-electron chi connectivity index (χ2n) is 4.19. The molecule has 0 radical (unpaired) electrons. The molecule has 0 aromatic carbocycles. The Morgan fingerprint density at radius 2 is 2.22 bits per heavy atom. The molecule has 2 N–H and O–H groups in total. The Kier molecular flexibility index (Phi) is 5.52. The Balaban J connectivity index is 0.00000162. The van der Waals surface area contributed by atoms with E-state index in [2.05, 4.69) is 4.98 Å². The number of pyridine rings is 1. The van der Waals surface area contributed by atoms with Crippen molar-refractivity contribution in [1.82, 2.24) is 9.29 Å². The summed E-state index contributed by atoms with van der Waals surface area (Å²) in [5.41, 5.74) is 5.65. The van der Waals surface area contributed by atoms with E-state index in [1.807, 2.05) is 0 Å². The van der Waals surface area contributed by atoms with Crippen molar-refractivity contribution in [2.45, 2.75) is 30.2 Å². The molecule has 1 unspecified atom stereocenters. The first-order valence-corrected chi connectivity index (χ1v) is 7.22. The number of aromatic nitrogens is 1. The molecule has 0 saturated carbocycles. The van der Waals surface area contributed by atoms with E-state index in [9.17, 15) is 8.42 Å². The van der Waals surface area contributed by atoms with Gasteiger partial charge in [-0.2, -0.15) is 4.31 Å². The van der Waals surface area contributed by atoms with Crippen LogP contribution in [0.2, 0.25) is 0 Å². The maximum atomic E-state index is 12.4. The normalized spacial score (nSPS) is 21.3. The van der Waals surface area contributed by atoms with Crippen LogP contribution in [0.3, 0.4) is 0 Å². The van der Waals surface area contributed by atoms with Gasteiger partial charge in [0.05, 0.1) is 0 Å².